The summed E-state index contributed by atoms with van der Waals surface area (Å²) in [7, 11) is 0. The number of urea groups is 1. The van der Waals surface area contributed by atoms with Gasteiger partial charge in [0.25, 0.3) is 17.5 Å². The van der Waals surface area contributed by atoms with Gasteiger partial charge >= 0.3 is 6.03 Å². The molecule has 0 unspecified atom stereocenters. The van der Waals surface area contributed by atoms with Crippen molar-refractivity contribution >= 4 is 46.9 Å². The molecule has 3 aromatic rings. The van der Waals surface area contributed by atoms with E-state index < -0.39 is 22.8 Å². The minimum Gasteiger partial charge on any atom is -0.457 e. The van der Waals surface area contributed by atoms with Crippen LogP contribution in [0.5, 0.6) is 0 Å². The van der Waals surface area contributed by atoms with E-state index in [1.54, 1.807) is 25.1 Å². The minimum atomic E-state index is -0.874. The van der Waals surface area contributed by atoms with E-state index in [-0.39, 0.29) is 22.7 Å². The molecule has 0 aliphatic carbocycles. The van der Waals surface area contributed by atoms with Crippen LogP contribution in [0, 0.1) is 17.0 Å². The van der Waals surface area contributed by atoms with Gasteiger partial charge in [-0.3, -0.25) is 25.0 Å². The largest absolute Gasteiger partial charge is 0.457 e. The molecule has 4 amide bonds. The first kappa shape index (κ1) is 21.0. The number of hydrogen-bond acceptors (Lipinski definition) is 6. The lowest BCUT2D eigenvalue weighted by Gasteiger charge is -2.26. The number of amides is 4. The molecule has 160 valence electrons. The molecule has 0 spiro atoms. The number of nitro groups is 1. The van der Waals surface area contributed by atoms with E-state index in [1.807, 2.05) is 0 Å². The Morgan fingerprint density at radius 2 is 1.78 bits per heavy atom. The van der Waals surface area contributed by atoms with E-state index in [0.717, 1.165) is 4.90 Å². The van der Waals surface area contributed by atoms with Gasteiger partial charge in [0.2, 0.25) is 0 Å². The van der Waals surface area contributed by atoms with Gasteiger partial charge in [0.1, 0.15) is 17.1 Å². The lowest BCUT2D eigenvalue weighted by atomic mass is 10.1. The van der Waals surface area contributed by atoms with Crippen LogP contribution in [0.3, 0.4) is 0 Å². The number of non-ortho nitro benzene ring substituents is 1. The molecule has 0 saturated carbocycles. The first-order valence-corrected chi connectivity index (χ1v) is 9.64. The number of barbiturate groups is 1. The summed E-state index contributed by atoms with van der Waals surface area (Å²) in [5.74, 6) is -1.07. The van der Waals surface area contributed by atoms with Crippen LogP contribution in [-0.4, -0.2) is 22.8 Å². The van der Waals surface area contributed by atoms with E-state index in [4.69, 9.17) is 16.0 Å². The van der Waals surface area contributed by atoms with Gasteiger partial charge in [-0.25, -0.2) is 9.69 Å². The maximum atomic E-state index is 12.9. The molecule has 0 bridgehead atoms. The van der Waals surface area contributed by atoms with Crippen molar-refractivity contribution in [1.82, 2.24) is 5.32 Å². The molecule has 0 radical (unpaired) electrons. The number of benzene rings is 2. The van der Waals surface area contributed by atoms with Crippen LogP contribution >= 0.6 is 11.6 Å². The molecule has 2 aromatic carbocycles. The van der Waals surface area contributed by atoms with Gasteiger partial charge < -0.3 is 4.42 Å². The number of carbonyl (C=O) groups excluding carboxylic acids is 3. The number of rotatable bonds is 4. The highest BCUT2D eigenvalue weighted by Crippen LogP contribution is 2.30. The molecule has 1 aliphatic rings. The topological polar surface area (TPSA) is 123 Å². The fraction of sp³-hybridized carbons (Fsp3) is 0.0455. The van der Waals surface area contributed by atoms with Crippen molar-refractivity contribution in [2.24, 2.45) is 0 Å². The zero-order valence-corrected chi connectivity index (χ0v) is 17.3. The number of anilines is 1. The van der Waals surface area contributed by atoms with Crippen LogP contribution < -0.4 is 10.2 Å². The van der Waals surface area contributed by atoms with E-state index in [2.05, 4.69) is 5.32 Å². The van der Waals surface area contributed by atoms with E-state index in [1.165, 1.54) is 42.5 Å². The maximum Gasteiger partial charge on any atom is 0.335 e. The lowest BCUT2D eigenvalue weighted by Crippen LogP contribution is -2.54. The van der Waals surface area contributed by atoms with Crippen molar-refractivity contribution < 1.29 is 23.7 Å². The summed E-state index contributed by atoms with van der Waals surface area (Å²) in [6, 6.07) is 12.6. The highest BCUT2D eigenvalue weighted by molar-refractivity contribution is 6.39. The van der Waals surface area contributed by atoms with E-state index in [0.29, 0.717) is 21.9 Å². The molecule has 1 N–H and O–H groups in total. The number of aryl methyl sites for hydroxylation is 1. The van der Waals surface area contributed by atoms with Crippen molar-refractivity contribution in [1.29, 1.82) is 0 Å². The molecule has 9 nitrogen and oxygen atoms in total. The Morgan fingerprint density at radius 3 is 2.44 bits per heavy atom. The second-order valence-electron chi connectivity index (χ2n) is 6.89. The third-order valence-electron chi connectivity index (χ3n) is 4.79. The lowest BCUT2D eigenvalue weighted by molar-refractivity contribution is -0.384. The molecule has 1 aliphatic heterocycles. The molecule has 1 aromatic heterocycles. The van der Waals surface area contributed by atoms with Crippen LogP contribution in [0.1, 0.15) is 11.3 Å². The Hall–Kier alpha value is -4.24. The van der Waals surface area contributed by atoms with Crippen LogP contribution in [0.2, 0.25) is 5.02 Å². The number of nitrogens with zero attached hydrogens (tertiary/aromatic N) is 2. The standard InChI is InChI=1S/C22H14ClN3O6/c1-12-10-15(26(30)31)6-8-17(12)19-9-7-16(32-19)11-18-20(27)24-22(29)25(21(18)28)14-4-2-13(23)3-5-14/h2-11H,1H3,(H,24,27,29)/b18-11-. The number of furan rings is 1. The summed E-state index contributed by atoms with van der Waals surface area (Å²) in [4.78, 5) is 48.7. The van der Waals surface area contributed by atoms with Crippen LogP contribution in [0.15, 0.2) is 64.6 Å². The summed E-state index contributed by atoms with van der Waals surface area (Å²) in [5, 5.41) is 13.5. The minimum absolute atomic E-state index is 0.0448. The van der Waals surface area contributed by atoms with Gasteiger partial charge in [-0.2, -0.15) is 0 Å². The monoisotopic (exact) mass is 451 g/mol. The van der Waals surface area contributed by atoms with E-state index in [9.17, 15) is 24.5 Å². The Morgan fingerprint density at radius 1 is 1.06 bits per heavy atom. The molecule has 0 atom stereocenters. The summed E-state index contributed by atoms with van der Waals surface area (Å²) in [5.41, 5.74) is 1.16. The number of nitro benzene ring substituents is 1. The molecule has 1 fully saturated rings. The maximum absolute atomic E-state index is 12.9. The number of halogens is 1. The highest BCUT2D eigenvalue weighted by atomic mass is 35.5. The molecule has 4 rings (SSSR count). The Kier molecular flexibility index (Phi) is 5.33. The molecule has 32 heavy (non-hydrogen) atoms. The highest BCUT2D eigenvalue weighted by Gasteiger charge is 2.37. The van der Waals surface area contributed by atoms with Crippen molar-refractivity contribution in [2.45, 2.75) is 6.92 Å². The van der Waals surface area contributed by atoms with Crippen molar-refractivity contribution in [3.8, 4) is 11.3 Å². The van der Waals surface area contributed by atoms with E-state index >= 15 is 0 Å². The summed E-state index contributed by atoms with van der Waals surface area (Å²) >= 11 is 5.86. The van der Waals surface area contributed by atoms with Gasteiger partial charge in [-0.15, -0.1) is 0 Å². The molecule has 2 heterocycles. The van der Waals surface area contributed by atoms with Crippen molar-refractivity contribution in [3.63, 3.8) is 0 Å². The van der Waals surface area contributed by atoms with Gasteiger partial charge in [0.05, 0.1) is 10.6 Å². The van der Waals surface area contributed by atoms with Crippen LogP contribution in [-0.2, 0) is 9.59 Å². The van der Waals surface area contributed by atoms with Crippen LogP contribution in [0.4, 0.5) is 16.2 Å². The number of nitrogens with one attached hydrogen (secondary N) is 1. The quantitative estimate of drug-likeness (QED) is 0.270. The molecule has 10 heteroatoms. The Labute approximate surface area is 186 Å². The number of imide groups is 2. The zero-order valence-electron chi connectivity index (χ0n) is 16.5. The first-order chi connectivity index (χ1) is 15.2. The molecule has 1 saturated heterocycles. The predicted octanol–water partition coefficient (Wildman–Crippen LogP) is 4.48. The first-order valence-electron chi connectivity index (χ1n) is 9.27. The Balaban J connectivity index is 1.66. The fourth-order valence-corrected chi connectivity index (χ4v) is 3.36. The SMILES string of the molecule is Cc1cc([N+](=O)[O-])ccc1-c1ccc(/C=C2/C(=O)NC(=O)N(c3ccc(Cl)cc3)C2=O)o1. The average molecular weight is 452 g/mol. The average Bonchev–Trinajstić information content (AvgIpc) is 3.20. The summed E-state index contributed by atoms with van der Waals surface area (Å²) in [6.45, 7) is 1.71. The third-order valence-corrected chi connectivity index (χ3v) is 5.04. The van der Waals surface area contributed by atoms with Crippen LogP contribution in [0.25, 0.3) is 17.4 Å². The number of carbonyl (C=O) groups is 3. The second kappa shape index (κ2) is 8.12. The summed E-state index contributed by atoms with van der Waals surface area (Å²) < 4.78 is 5.73. The Bertz CT molecular complexity index is 1310. The predicted molar refractivity (Wildman–Crippen MR) is 116 cm³/mol. The van der Waals surface area contributed by atoms with Gasteiger partial charge in [-0.1, -0.05) is 11.6 Å². The summed E-state index contributed by atoms with van der Waals surface area (Å²) in [6.07, 6.45) is 1.23. The number of hydrogen-bond donors (Lipinski definition) is 1. The molecular formula is C22H14ClN3O6. The normalized spacial score (nSPS) is 15.2. The van der Waals surface area contributed by atoms with Crippen molar-refractivity contribution in [3.05, 3.63) is 86.6 Å². The second-order valence-corrected chi connectivity index (χ2v) is 7.33. The van der Waals surface area contributed by atoms with Crippen molar-refractivity contribution in [2.75, 3.05) is 4.90 Å². The smallest absolute Gasteiger partial charge is 0.335 e. The molecular weight excluding hydrogens is 438 g/mol. The van der Waals surface area contributed by atoms with Gasteiger partial charge in [-0.05, 0) is 61.0 Å². The fourth-order valence-electron chi connectivity index (χ4n) is 3.24. The zero-order chi connectivity index (χ0) is 23.0. The van der Waals surface area contributed by atoms with Gasteiger partial charge in [0.15, 0.2) is 0 Å². The third kappa shape index (κ3) is 3.88. The van der Waals surface area contributed by atoms with Gasteiger partial charge in [0, 0.05) is 22.7 Å².